The zero-order valence-corrected chi connectivity index (χ0v) is 11.7. The molecule has 1 aromatic rings. The Kier molecular flexibility index (Phi) is 6.24. The quantitative estimate of drug-likeness (QED) is 0.729. The molecule has 0 radical (unpaired) electrons. The SMILES string of the molecule is C=CCN(CCO)C(=O)C(C)NC(=O)c1cccs1. The van der Waals surface area contributed by atoms with Crippen LogP contribution in [0.2, 0.25) is 0 Å². The topological polar surface area (TPSA) is 69.6 Å². The average molecular weight is 282 g/mol. The van der Waals surface area contributed by atoms with Crippen molar-refractivity contribution in [1.82, 2.24) is 10.2 Å². The number of hydrogen-bond donors (Lipinski definition) is 2. The smallest absolute Gasteiger partial charge is 0.261 e. The third-order valence-corrected chi connectivity index (χ3v) is 3.36. The molecule has 0 aliphatic heterocycles. The number of amides is 2. The van der Waals surface area contributed by atoms with Crippen LogP contribution in [0.5, 0.6) is 0 Å². The van der Waals surface area contributed by atoms with E-state index in [2.05, 4.69) is 11.9 Å². The number of aliphatic hydroxyl groups excluding tert-OH is 1. The van der Waals surface area contributed by atoms with Crippen molar-refractivity contribution >= 4 is 23.2 Å². The van der Waals surface area contributed by atoms with E-state index >= 15 is 0 Å². The number of aliphatic hydroxyl groups is 1. The molecule has 104 valence electrons. The van der Waals surface area contributed by atoms with Crippen LogP contribution in [-0.4, -0.2) is 47.6 Å². The zero-order valence-electron chi connectivity index (χ0n) is 10.8. The largest absolute Gasteiger partial charge is 0.395 e. The first kappa shape index (κ1) is 15.4. The van der Waals surface area contributed by atoms with Crippen LogP contribution >= 0.6 is 11.3 Å². The zero-order chi connectivity index (χ0) is 14.3. The first-order valence-electron chi connectivity index (χ1n) is 5.95. The van der Waals surface area contributed by atoms with Crippen LogP contribution in [-0.2, 0) is 4.79 Å². The number of hydrogen-bond acceptors (Lipinski definition) is 4. The van der Waals surface area contributed by atoms with Crippen molar-refractivity contribution < 1.29 is 14.7 Å². The van der Waals surface area contributed by atoms with Gasteiger partial charge in [0.1, 0.15) is 6.04 Å². The van der Waals surface area contributed by atoms with Crippen molar-refractivity contribution in [3.8, 4) is 0 Å². The highest BCUT2D eigenvalue weighted by molar-refractivity contribution is 7.12. The fraction of sp³-hybridized carbons (Fsp3) is 0.385. The lowest BCUT2D eigenvalue weighted by molar-refractivity contribution is -0.132. The molecule has 0 saturated heterocycles. The molecule has 2 amide bonds. The highest BCUT2D eigenvalue weighted by Crippen LogP contribution is 2.08. The molecule has 0 aliphatic carbocycles. The third kappa shape index (κ3) is 4.50. The van der Waals surface area contributed by atoms with Gasteiger partial charge in [0.15, 0.2) is 0 Å². The van der Waals surface area contributed by atoms with E-state index < -0.39 is 6.04 Å². The Morgan fingerprint density at radius 3 is 2.89 bits per heavy atom. The van der Waals surface area contributed by atoms with Crippen LogP contribution in [0.1, 0.15) is 16.6 Å². The molecule has 1 heterocycles. The summed E-state index contributed by atoms with van der Waals surface area (Å²) < 4.78 is 0. The Labute approximate surface area is 116 Å². The summed E-state index contributed by atoms with van der Waals surface area (Å²) in [6, 6.07) is 2.84. The fourth-order valence-electron chi connectivity index (χ4n) is 1.58. The molecule has 0 bridgehead atoms. The molecule has 0 aliphatic rings. The molecular weight excluding hydrogens is 264 g/mol. The molecule has 0 aromatic carbocycles. The van der Waals surface area contributed by atoms with Crippen LogP contribution in [0, 0.1) is 0 Å². The van der Waals surface area contributed by atoms with Gasteiger partial charge in [0.2, 0.25) is 5.91 Å². The van der Waals surface area contributed by atoms with Gasteiger partial charge in [-0.3, -0.25) is 9.59 Å². The van der Waals surface area contributed by atoms with Crippen LogP contribution < -0.4 is 5.32 Å². The molecular formula is C13H18N2O3S. The van der Waals surface area contributed by atoms with Gasteiger partial charge in [-0.1, -0.05) is 12.1 Å². The summed E-state index contributed by atoms with van der Waals surface area (Å²) >= 11 is 1.32. The van der Waals surface area contributed by atoms with Gasteiger partial charge < -0.3 is 15.3 Å². The van der Waals surface area contributed by atoms with Crippen LogP contribution in [0.25, 0.3) is 0 Å². The lowest BCUT2D eigenvalue weighted by Crippen LogP contribution is -2.47. The molecule has 19 heavy (non-hydrogen) atoms. The van der Waals surface area contributed by atoms with Crippen LogP contribution in [0.15, 0.2) is 30.2 Å². The molecule has 1 unspecified atom stereocenters. The second kappa shape index (κ2) is 7.70. The monoisotopic (exact) mass is 282 g/mol. The lowest BCUT2D eigenvalue weighted by atomic mass is 10.2. The maximum Gasteiger partial charge on any atom is 0.261 e. The van der Waals surface area contributed by atoms with E-state index in [0.29, 0.717) is 11.4 Å². The predicted molar refractivity (Wildman–Crippen MR) is 75.1 cm³/mol. The molecule has 1 rings (SSSR count). The van der Waals surface area contributed by atoms with Gasteiger partial charge in [0, 0.05) is 13.1 Å². The molecule has 6 heteroatoms. The van der Waals surface area contributed by atoms with E-state index in [4.69, 9.17) is 5.11 Å². The van der Waals surface area contributed by atoms with Crippen molar-refractivity contribution in [2.75, 3.05) is 19.7 Å². The van der Waals surface area contributed by atoms with E-state index in [0.717, 1.165) is 0 Å². The summed E-state index contributed by atoms with van der Waals surface area (Å²) in [5, 5.41) is 13.4. The molecule has 2 N–H and O–H groups in total. The highest BCUT2D eigenvalue weighted by Gasteiger charge is 2.21. The van der Waals surface area contributed by atoms with Crippen LogP contribution in [0.3, 0.4) is 0 Å². The minimum atomic E-state index is -0.638. The Morgan fingerprint density at radius 2 is 2.37 bits per heavy atom. The third-order valence-electron chi connectivity index (χ3n) is 2.49. The lowest BCUT2D eigenvalue weighted by Gasteiger charge is -2.24. The maximum atomic E-state index is 12.1. The molecule has 0 fully saturated rings. The van der Waals surface area contributed by atoms with Crippen molar-refractivity contribution in [2.24, 2.45) is 0 Å². The van der Waals surface area contributed by atoms with Crippen molar-refractivity contribution in [3.05, 3.63) is 35.0 Å². The summed E-state index contributed by atoms with van der Waals surface area (Å²) in [4.78, 5) is 25.9. The van der Waals surface area contributed by atoms with E-state index in [9.17, 15) is 9.59 Å². The fourth-order valence-corrected chi connectivity index (χ4v) is 2.21. The molecule has 1 aromatic heterocycles. The van der Waals surface area contributed by atoms with E-state index in [1.165, 1.54) is 16.2 Å². The molecule has 0 spiro atoms. The summed E-state index contributed by atoms with van der Waals surface area (Å²) in [6.45, 7) is 5.64. The van der Waals surface area contributed by atoms with Gasteiger partial charge >= 0.3 is 0 Å². The van der Waals surface area contributed by atoms with Crippen molar-refractivity contribution in [1.29, 1.82) is 0 Å². The highest BCUT2D eigenvalue weighted by atomic mass is 32.1. The van der Waals surface area contributed by atoms with Gasteiger partial charge in [0.05, 0.1) is 11.5 Å². The number of nitrogens with zero attached hydrogens (tertiary/aromatic N) is 1. The number of carbonyl (C=O) groups is 2. The summed E-state index contributed by atoms with van der Waals surface area (Å²) in [7, 11) is 0. The number of rotatable bonds is 7. The number of thiophene rings is 1. The number of carbonyl (C=O) groups excluding carboxylic acids is 2. The average Bonchev–Trinajstić information content (AvgIpc) is 2.91. The van der Waals surface area contributed by atoms with Crippen molar-refractivity contribution in [2.45, 2.75) is 13.0 Å². The van der Waals surface area contributed by atoms with E-state index in [1.807, 2.05) is 0 Å². The summed E-state index contributed by atoms with van der Waals surface area (Å²) in [5.74, 6) is -0.503. The van der Waals surface area contributed by atoms with E-state index in [-0.39, 0.29) is 25.0 Å². The minimum absolute atomic E-state index is 0.120. The predicted octanol–water partition coefficient (Wildman–Crippen LogP) is 0.873. The Morgan fingerprint density at radius 1 is 1.63 bits per heavy atom. The Balaban J connectivity index is 2.60. The second-order valence-corrected chi connectivity index (χ2v) is 4.92. The van der Waals surface area contributed by atoms with Crippen molar-refractivity contribution in [3.63, 3.8) is 0 Å². The summed E-state index contributed by atoms with van der Waals surface area (Å²) in [5.41, 5.74) is 0. The first-order chi connectivity index (χ1) is 9.10. The van der Waals surface area contributed by atoms with Crippen LogP contribution in [0.4, 0.5) is 0 Å². The van der Waals surface area contributed by atoms with E-state index in [1.54, 1.807) is 30.5 Å². The van der Waals surface area contributed by atoms with Gasteiger partial charge in [-0.15, -0.1) is 17.9 Å². The maximum absolute atomic E-state index is 12.1. The normalized spacial score (nSPS) is 11.7. The molecule has 5 nitrogen and oxygen atoms in total. The number of nitrogens with one attached hydrogen (secondary N) is 1. The Bertz CT molecular complexity index is 431. The van der Waals surface area contributed by atoms with Gasteiger partial charge in [-0.2, -0.15) is 0 Å². The van der Waals surface area contributed by atoms with Gasteiger partial charge in [-0.05, 0) is 18.4 Å². The second-order valence-electron chi connectivity index (χ2n) is 3.97. The molecule has 1 atom stereocenters. The standard InChI is InChI=1S/C13H18N2O3S/c1-3-6-15(7-8-16)13(18)10(2)14-12(17)11-5-4-9-19-11/h3-5,9-10,16H,1,6-8H2,2H3,(H,14,17). The first-order valence-corrected chi connectivity index (χ1v) is 6.83. The molecule has 0 saturated carbocycles. The summed E-state index contributed by atoms with van der Waals surface area (Å²) in [6.07, 6.45) is 1.58. The minimum Gasteiger partial charge on any atom is -0.395 e. The van der Waals surface area contributed by atoms with Gasteiger partial charge in [-0.25, -0.2) is 0 Å². The Hall–Kier alpha value is -1.66. The van der Waals surface area contributed by atoms with Gasteiger partial charge in [0.25, 0.3) is 5.91 Å².